The fourth-order valence-electron chi connectivity index (χ4n) is 2.65. The van der Waals surface area contributed by atoms with Crippen molar-refractivity contribution in [2.24, 2.45) is 0 Å². The highest BCUT2D eigenvalue weighted by Crippen LogP contribution is 2.41. The Morgan fingerprint density at radius 1 is 1.26 bits per heavy atom. The van der Waals surface area contributed by atoms with Gasteiger partial charge in [0.05, 0.1) is 18.7 Å². The van der Waals surface area contributed by atoms with Crippen molar-refractivity contribution in [3.8, 4) is 5.75 Å². The van der Waals surface area contributed by atoms with Crippen LogP contribution in [0.3, 0.4) is 0 Å². The molecule has 0 saturated carbocycles. The number of hydrogen-bond donors (Lipinski definition) is 1. The SMILES string of the molecule is COc1ccc(C(=O)CC2C(=O)Nc3c(F)ccc(Cl)c32)cc1. The molecule has 0 aliphatic carbocycles. The average Bonchev–Trinajstić information content (AvgIpc) is 2.89. The third-order valence-corrected chi connectivity index (χ3v) is 4.19. The second-order valence-electron chi connectivity index (χ2n) is 5.22. The zero-order valence-corrected chi connectivity index (χ0v) is 13.0. The Morgan fingerprint density at radius 3 is 2.61 bits per heavy atom. The first-order valence-corrected chi connectivity index (χ1v) is 7.35. The number of fused-ring (bicyclic) bond motifs is 1. The first kappa shape index (κ1) is 15.5. The predicted molar refractivity (Wildman–Crippen MR) is 84.7 cm³/mol. The van der Waals surface area contributed by atoms with E-state index >= 15 is 0 Å². The van der Waals surface area contributed by atoms with Gasteiger partial charge in [-0.15, -0.1) is 0 Å². The minimum atomic E-state index is -0.789. The Kier molecular flexibility index (Phi) is 4.05. The van der Waals surface area contributed by atoms with Gasteiger partial charge in [0.15, 0.2) is 5.78 Å². The van der Waals surface area contributed by atoms with E-state index in [1.807, 2.05) is 0 Å². The van der Waals surface area contributed by atoms with E-state index in [4.69, 9.17) is 16.3 Å². The van der Waals surface area contributed by atoms with Crippen LogP contribution in [0.25, 0.3) is 0 Å². The van der Waals surface area contributed by atoms with Crippen molar-refractivity contribution < 1.29 is 18.7 Å². The highest BCUT2D eigenvalue weighted by molar-refractivity contribution is 6.33. The number of hydrogen-bond acceptors (Lipinski definition) is 3. The van der Waals surface area contributed by atoms with E-state index in [1.165, 1.54) is 19.2 Å². The minimum Gasteiger partial charge on any atom is -0.497 e. The number of amides is 1. The van der Waals surface area contributed by atoms with Gasteiger partial charge in [0.25, 0.3) is 0 Å². The molecular formula is C17H13ClFNO3. The van der Waals surface area contributed by atoms with Crippen LogP contribution >= 0.6 is 11.6 Å². The van der Waals surface area contributed by atoms with Crippen LogP contribution in [0, 0.1) is 5.82 Å². The van der Waals surface area contributed by atoms with Gasteiger partial charge < -0.3 is 10.1 Å². The zero-order valence-electron chi connectivity index (χ0n) is 12.2. The molecule has 1 aliphatic heterocycles. The highest BCUT2D eigenvalue weighted by Gasteiger charge is 2.36. The van der Waals surface area contributed by atoms with E-state index in [1.54, 1.807) is 24.3 Å². The summed E-state index contributed by atoms with van der Waals surface area (Å²) in [6, 6.07) is 9.17. The maximum Gasteiger partial charge on any atom is 0.232 e. The van der Waals surface area contributed by atoms with Crippen LogP contribution < -0.4 is 10.1 Å². The summed E-state index contributed by atoms with van der Waals surface area (Å²) in [4.78, 5) is 24.5. The fraction of sp³-hybridized carbons (Fsp3) is 0.176. The summed E-state index contributed by atoms with van der Waals surface area (Å²) in [7, 11) is 1.53. The molecule has 23 heavy (non-hydrogen) atoms. The molecule has 3 rings (SSSR count). The van der Waals surface area contributed by atoms with Crippen LogP contribution in [-0.4, -0.2) is 18.8 Å². The number of ketones is 1. The summed E-state index contributed by atoms with van der Waals surface area (Å²) in [6.45, 7) is 0. The number of anilines is 1. The number of ether oxygens (including phenoxy) is 1. The van der Waals surface area contributed by atoms with Gasteiger partial charge in [-0.1, -0.05) is 11.6 Å². The van der Waals surface area contributed by atoms with Crippen LogP contribution in [-0.2, 0) is 4.79 Å². The first-order chi connectivity index (χ1) is 11.0. The Morgan fingerprint density at radius 2 is 1.96 bits per heavy atom. The topological polar surface area (TPSA) is 55.4 Å². The van der Waals surface area contributed by atoms with E-state index in [0.29, 0.717) is 16.9 Å². The van der Waals surface area contributed by atoms with Crippen molar-refractivity contribution in [2.45, 2.75) is 12.3 Å². The molecule has 1 N–H and O–H groups in total. The average molecular weight is 334 g/mol. The number of carbonyl (C=O) groups is 2. The summed E-state index contributed by atoms with van der Waals surface area (Å²) in [5.41, 5.74) is 0.869. The zero-order chi connectivity index (χ0) is 16.6. The molecule has 6 heteroatoms. The van der Waals surface area contributed by atoms with Gasteiger partial charge in [-0.2, -0.15) is 0 Å². The smallest absolute Gasteiger partial charge is 0.232 e. The number of halogens is 2. The Balaban J connectivity index is 1.87. The Labute approximate surface area is 137 Å². The van der Waals surface area contributed by atoms with Gasteiger partial charge >= 0.3 is 0 Å². The van der Waals surface area contributed by atoms with Gasteiger partial charge in [-0.05, 0) is 36.4 Å². The largest absolute Gasteiger partial charge is 0.497 e. The van der Waals surface area contributed by atoms with E-state index in [-0.39, 0.29) is 22.9 Å². The second-order valence-corrected chi connectivity index (χ2v) is 5.62. The lowest BCUT2D eigenvalue weighted by atomic mass is 9.92. The molecule has 4 nitrogen and oxygen atoms in total. The Bertz CT molecular complexity index is 789. The lowest BCUT2D eigenvalue weighted by molar-refractivity contribution is -0.117. The highest BCUT2D eigenvalue weighted by atomic mass is 35.5. The van der Waals surface area contributed by atoms with E-state index in [2.05, 4.69) is 5.32 Å². The summed E-state index contributed by atoms with van der Waals surface area (Å²) in [6.07, 6.45) is -0.0751. The molecule has 0 saturated heterocycles. The maximum atomic E-state index is 13.8. The lowest BCUT2D eigenvalue weighted by Gasteiger charge is -2.10. The van der Waals surface area contributed by atoms with Crippen molar-refractivity contribution in [1.29, 1.82) is 0 Å². The summed E-state index contributed by atoms with van der Waals surface area (Å²) >= 11 is 6.08. The number of rotatable bonds is 4. The number of methoxy groups -OCH3 is 1. The third kappa shape index (κ3) is 2.80. The second kappa shape index (κ2) is 6.01. The molecule has 1 atom stereocenters. The van der Waals surface area contributed by atoms with Gasteiger partial charge in [-0.25, -0.2) is 4.39 Å². The third-order valence-electron chi connectivity index (χ3n) is 3.86. The van der Waals surface area contributed by atoms with E-state index in [9.17, 15) is 14.0 Å². The summed E-state index contributed by atoms with van der Waals surface area (Å²) in [5, 5.41) is 2.73. The van der Waals surface area contributed by atoms with Crippen molar-refractivity contribution in [1.82, 2.24) is 0 Å². The van der Waals surface area contributed by atoms with Crippen molar-refractivity contribution in [3.05, 3.63) is 58.4 Å². The normalized spacial score (nSPS) is 16.0. The molecule has 1 aliphatic rings. The van der Waals surface area contributed by atoms with Crippen molar-refractivity contribution in [3.63, 3.8) is 0 Å². The minimum absolute atomic E-state index is 0.0648. The van der Waals surface area contributed by atoms with Crippen molar-refractivity contribution in [2.75, 3.05) is 12.4 Å². The van der Waals surface area contributed by atoms with Gasteiger partial charge in [0, 0.05) is 22.6 Å². The molecule has 2 aromatic carbocycles. The molecule has 1 heterocycles. The van der Waals surface area contributed by atoms with E-state index in [0.717, 1.165) is 0 Å². The monoisotopic (exact) mass is 333 g/mol. The predicted octanol–water partition coefficient (Wildman–Crippen LogP) is 3.80. The molecule has 0 radical (unpaired) electrons. The molecule has 0 spiro atoms. The van der Waals surface area contributed by atoms with Crippen LogP contribution in [0.4, 0.5) is 10.1 Å². The number of nitrogens with one attached hydrogen (secondary N) is 1. The van der Waals surface area contributed by atoms with Crippen LogP contribution in [0.15, 0.2) is 36.4 Å². The van der Waals surface area contributed by atoms with Gasteiger partial charge in [-0.3, -0.25) is 9.59 Å². The lowest BCUT2D eigenvalue weighted by Crippen LogP contribution is -2.16. The molecule has 1 unspecified atom stereocenters. The number of benzene rings is 2. The molecule has 0 fully saturated rings. The maximum absolute atomic E-state index is 13.8. The van der Waals surface area contributed by atoms with E-state index < -0.39 is 17.6 Å². The van der Waals surface area contributed by atoms with Gasteiger partial charge in [0.1, 0.15) is 11.6 Å². The first-order valence-electron chi connectivity index (χ1n) is 6.97. The Hall–Kier alpha value is -2.40. The number of Topliss-reactive ketones (excluding diaryl/α,β-unsaturated/α-hetero) is 1. The van der Waals surface area contributed by atoms with Crippen LogP contribution in [0.5, 0.6) is 5.75 Å². The van der Waals surface area contributed by atoms with Crippen LogP contribution in [0.2, 0.25) is 5.02 Å². The van der Waals surface area contributed by atoms with Gasteiger partial charge in [0.2, 0.25) is 5.91 Å². The fourth-order valence-corrected chi connectivity index (χ4v) is 2.94. The standard InChI is InChI=1S/C17H13ClFNO3/c1-23-10-4-2-9(3-5-10)14(21)8-11-15-12(18)6-7-13(19)16(15)20-17(11)22/h2-7,11H,8H2,1H3,(H,20,22). The summed E-state index contributed by atoms with van der Waals surface area (Å²) in [5.74, 6) is -1.36. The number of carbonyl (C=O) groups excluding carboxylic acids is 2. The van der Waals surface area contributed by atoms with Crippen LogP contribution in [0.1, 0.15) is 28.3 Å². The molecular weight excluding hydrogens is 321 g/mol. The summed E-state index contributed by atoms with van der Waals surface area (Å²) < 4.78 is 18.8. The molecule has 2 aromatic rings. The molecule has 118 valence electrons. The quantitative estimate of drug-likeness (QED) is 0.866. The molecule has 0 bridgehead atoms. The van der Waals surface area contributed by atoms with Crippen molar-refractivity contribution >= 4 is 29.0 Å². The molecule has 0 aromatic heterocycles. The molecule has 1 amide bonds.